The molecule has 2 aromatic carbocycles. The third-order valence-corrected chi connectivity index (χ3v) is 4.42. The van der Waals surface area contributed by atoms with Gasteiger partial charge in [0.05, 0.1) is 0 Å². The number of nitrogens with two attached hydrogens (primary N) is 1. The van der Waals surface area contributed by atoms with Gasteiger partial charge < -0.3 is 25.6 Å². The molecule has 1 atom stereocenters. The number of nitrogens with one attached hydrogen (secondary N) is 2. The predicted octanol–water partition coefficient (Wildman–Crippen LogP) is 2.50. The summed E-state index contributed by atoms with van der Waals surface area (Å²) in [4.78, 5) is 31.0. The van der Waals surface area contributed by atoms with E-state index in [-0.39, 0.29) is 36.0 Å². The van der Waals surface area contributed by atoms with E-state index in [1.54, 1.807) is 24.3 Å². The standard InChI is InChI=1S/C16H18N3O5P.ClH/c17-14(18)12-7-4-8-13(9-12)15(25(21,22)23)19-16(20)24-10-11-5-2-1-3-6-11;/h1-9,15H,10H2,(H3,17,18)(H,19,20)(H2,21,22,23);1H. The Morgan fingerprint density at radius 3 is 2.42 bits per heavy atom. The monoisotopic (exact) mass is 399 g/mol. The maximum absolute atomic E-state index is 11.9. The maximum atomic E-state index is 11.9. The number of carbonyl (C=O) groups excluding carboxylic acids is 1. The summed E-state index contributed by atoms with van der Waals surface area (Å²) in [6.07, 6.45) is -0.967. The normalized spacial score (nSPS) is 11.8. The Morgan fingerprint density at radius 2 is 1.85 bits per heavy atom. The summed E-state index contributed by atoms with van der Waals surface area (Å²) in [5, 5.41) is 9.58. The molecule has 0 heterocycles. The van der Waals surface area contributed by atoms with Crippen molar-refractivity contribution in [2.24, 2.45) is 5.73 Å². The lowest BCUT2D eigenvalue weighted by atomic mass is 10.1. The summed E-state index contributed by atoms with van der Waals surface area (Å²) in [6, 6.07) is 14.7. The zero-order valence-corrected chi connectivity index (χ0v) is 15.2. The maximum Gasteiger partial charge on any atom is 0.408 e. The van der Waals surface area contributed by atoms with Gasteiger partial charge >= 0.3 is 13.7 Å². The van der Waals surface area contributed by atoms with Crippen LogP contribution in [0.3, 0.4) is 0 Å². The van der Waals surface area contributed by atoms with Crippen molar-refractivity contribution in [3.63, 3.8) is 0 Å². The number of benzene rings is 2. The van der Waals surface area contributed by atoms with Crippen molar-refractivity contribution in [3.05, 3.63) is 71.3 Å². The predicted molar refractivity (Wildman–Crippen MR) is 99.3 cm³/mol. The number of amides is 1. The van der Waals surface area contributed by atoms with Gasteiger partial charge in [-0.15, -0.1) is 12.4 Å². The second-order valence-electron chi connectivity index (χ2n) is 5.24. The second kappa shape index (κ2) is 9.35. The van der Waals surface area contributed by atoms with Crippen LogP contribution < -0.4 is 11.1 Å². The number of hydrogen-bond acceptors (Lipinski definition) is 4. The van der Waals surface area contributed by atoms with Crippen molar-refractivity contribution >= 4 is 31.9 Å². The molecule has 0 fully saturated rings. The average molecular weight is 400 g/mol. The molecule has 6 N–H and O–H groups in total. The van der Waals surface area contributed by atoms with Gasteiger partial charge in [0, 0.05) is 5.56 Å². The zero-order valence-electron chi connectivity index (χ0n) is 13.5. The summed E-state index contributed by atoms with van der Waals surface area (Å²) >= 11 is 0. The van der Waals surface area contributed by atoms with E-state index in [0.29, 0.717) is 0 Å². The first kappa shape index (κ1) is 21.7. The Labute approximate surface area is 156 Å². The highest BCUT2D eigenvalue weighted by Crippen LogP contribution is 2.50. The molecule has 140 valence electrons. The third-order valence-electron chi connectivity index (χ3n) is 3.32. The Hall–Kier alpha value is -2.38. The molecule has 0 bridgehead atoms. The molecule has 0 aliphatic heterocycles. The minimum atomic E-state index is -4.72. The number of amidine groups is 1. The van der Waals surface area contributed by atoms with E-state index in [9.17, 15) is 19.1 Å². The lowest BCUT2D eigenvalue weighted by molar-refractivity contribution is 0.137. The number of halogens is 1. The molecule has 10 heteroatoms. The largest absolute Gasteiger partial charge is 0.445 e. The first-order chi connectivity index (χ1) is 11.8. The minimum absolute atomic E-state index is 0. The van der Waals surface area contributed by atoms with E-state index in [1.807, 2.05) is 6.07 Å². The van der Waals surface area contributed by atoms with Gasteiger partial charge in [0.1, 0.15) is 12.4 Å². The molecule has 8 nitrogen and oxygen atoms in total. The fraction of sp³-hybridized carbons (Fsp3) is 0.125. The molecule has 0 aromatic heterocycles. The van der Waals surface area contributed by atoms with Gasteiger partial charge in [-0.3, -0.25) is 9.97 Å². The number of carbonyl (C=O) groups is 1. The molecule has 0 aliphatic carbocycles. The molecule has 1 amide bonds. The molecule has 2 rings (SSSR count). The highest BCUT2D eigenvalue weighted by Gasteiger charge is 2.32. The molecule has 0 aliphatic rings. The van der Waals surface area contributed by atoms with E-state index >= 15 is 0 Å². The molecule has 26 heavy (non-hydrogen) atoms. The van der Waals surface area contributed by atoms with Crippen molar-refractivity contribution in [3.8, 4) is 0 Å². The Balaban J connectivity index is 0.00000338. The average Bonchev–Trinajstić information content (AvgIpc) is 2.58. The number of rotatable bonds is 6. The van der Waals surface area contributed by atoms with Crippen LogP contribution in [-0.2, 0) is 15.9 Å². The van der Waals surface area contributed by atoms with Crippen LogP contribution in [0.25, 0.3) is 0 Å². The van der Waals surface area contributed by atoms with Gasteiger partial charge in [-0.05, 0) is 17.2 Å². The molecular formula is C16H19ClN3O5P. The lowest BCUT2D eigenvalue weighted by Gasteiger charge is -2.20. The van der Waals surface area contributed by atoms with Crippen LogP contribution in [0, 0.1) is 5.41 Å². The van der Waals surface area contributed by atoms with Crippen molar-refractivity contribution in [1.82, 2.24) is 5.32 Å². The van der Waals surface area contributed by atoms with Crippen LogP contribution in [0.5, 0.6) is 0 Å². The third kappa shape index (κ3) is 6.16. The molecular weight excluding hydrogens is 381 g/mol. The quantitative estimate of drug-likeness (QED) is 0.286. The molecule has 2 aromatic rings. The van der Waals surface area contributed by atoms with Crippen LogP contribution >= 0.6 is 20.0 Å². The minimum Gasteiger partial charge on any atom is -0.445 e. The fourth-order valence-electron chi connectivity index (χ4n) is 2.11. The Kier molecular flexibility index (Phi) is 7.79. The lowest BCUT2D eigenvalue weighted by Crippen LogP contribution is -2.29. The first-order valence-corrected chi connectivity index (χ1v) is 8.92. The van der Waals surface area contributed by atoms with Crippen LogP contribution in [0.2, 0.25) is 0 Å². The van der Waals surface area contributed by atoms with Gasteiger partial charge in [-0.25, -0.2) is 4.79 Å². The van der Waals surface area contributed by atoms with Crippen LogP contribution in [0.4, 0.5) is 4.79 Å². The molecule has 0 saturated carbocycles. The second-order valence-corrected chi connectivity index (χ2v) is 6.93. The molecule has 0 saturated heterocycles. The van der Waals surface area contributed by atoms with Crippen LogP contribution in [-0.4, -0.2) is 21.7 Å². The Bertz CT molecular complexity index is 813. The van der Waals surface area contributed by atoms with E-state index in [1.165, 1.54) is 24.3 Å². The van der Waals surface area contributed by atoms with Crippen molar-refractivity contribution in [2.45, 2.75) is 12.4 Å². The first-order valence-electron chi connectivity index (χ1n) is 7.24. The molecule has 0 radical (unpaired) electrons. The SMILES string of the molecule is Cl.N=C(N)c1cccc(C(NC(=O)OCc2ccccc2)P(=O)(O)O)c1. The smallest absolute Gasteiger partial charge is 0.408 e. The topological polar surface area (TPSA) is 146 Å². The summed E-state index contributed by atoms with van der Waals surface area (Å²) in [6.45, 7) is -0.0337. The summed E-state index contributed by atoms with van der Waals surface area (Å²) in [5.41, 5.74) is 6.53. The zero-order chi connectivity index (χ0) is 18.4. The number of alkyl carbamates (subject to hydrolysis) is 1. The number of ether oxygens (including phenoxy) is 1. The van der Waals surface area contributed by atoms with Crippen molar-refractivity contribution in [1.29, 1.82) is 5.41 Å². The summed E-state index contributed by atoms with van der Waals surface area (Å²) in [7, 11) is -4.72. The summed E-state index contributed by atoms with van der Waals surface area (Å²) < 4.78 is 16.8. The van der Waals surface area contributed by atoms with Crippen molar-refractivity contribution in [2.75, 3.05) is 0 Å². The van der Waals surface area contributed by atoms with Gasteiger partial charge in [-0.2, -0.15) is 0 Å². The molecule has 0 spiro atoms. The van der Waals surface area contributed by atoms with E-state index in [2.05, 4.69) is 5.32 Å². The molecule has 1 unspecified atom stereocenters. The van der Waals surface area contributed by atoms with Crippen LogP contribution in [0.15, 0.2) is 54.6 Å². The highest BCUT2D eigenvalue weighted by molar-refractivity contribution is 7.52. The highest BCUT2D eigenvalue weighted by atomic mass is 35.5. The van der Waals surface area contributed by atoms with E-state index in [0.717, 1.165) is 5.56 Å². The van der Waals surface area contributed by atoms with Gasteiger partial charge in [0.15, 0.2) is 5.78 Å². The summed E-state index contributed by atoms with van der Waals surface area (Å²) in [5.74, 6) is -1.85. The van der Waals surface area contributed by atoms with Crippen LogP contribution in [0.1, 0.15) is 22.5 Å². The van der Waals surface area contributed by atoms with E-state index in [4.69, 9.17) is 15.9 Å². The van der Waals surface area contributed by atoms with Gasteiger partial charge in [0.2, 0.25) is 0 Å². The van der Waals surface area contributed by atoms with E-state index < -0.39 is 19.5 Å². The Morgan fingerprint density at radius 1 is 1.19 bits per heavy atom. The van der Waals surface area contributed by atoms with Gasteiger partial charge in [-0.1, -0.05) is 48.5 Å². The number of nitrogen functional groups attached to an aromatic ring is 1. The fourth-order valence-corrected chi connectivity index (χ4v) is 2.94. The van der Waals surface area contributed by atoms with Gasteiger partial charge in [0.25, 0.3) is 0 Å². The van der Waals surface area contributed by atoms with Crippen molar-refractivity contribution < 1.29 is 23.9 Å². The number of hydrogen-bond donors (Lipinski definition) is 5.